The summed E-state index contributed by atoms with van der Waals surface area (Å²) in [5.41, 5.74) is -5.69. The van der Waals surface area contributed by atoms with E-state index >= 15 is 0 Å². The van der Waals surface area contributed by atoms with Gasteiger partial charge < -0.3 is 15.3 Å². The highest BCUT2D eigenvalue weighted by Gasteiger charge is 2.42. The first-order valence-corrected chi connectivity index (χ1v) is 12.6. The number of halogens is 8. The van der Waals surface area contributed by atoms with Gasteiger partial charge in [0.05, 0.1) is 23.8 Å². The van der Waals surface area contributed by atoms with Crippen molar-refractivity contribution in [1.29, 1.82) is 0 Å². The average molecular weight is 615 g/mol. The van der Waals surface area contributed by atoms with Gasteiger partial charge in [-0.2, -0.15) is 26.3 Å². The first kappa shape index (κ1) is 31.3. The molecular formula is C29H24F8N3O3+. The zero-order chi connectivity index (χ0) is 31.9. The summed E-state index contributed by atoms with van der Waals surface area (Å²) in [7, 11) is 1.07. The van der Waals surface area contributed by atoms with E-state index in [1.807, 2.05) is 0 Å². The van der Waals surface area contributed by atoms with E-state index in [4.69, 9.17) is 4.74 Å². The Hall–Kier alpha value is -4.62. The number of methoxy groups -OCH3 is 1. The molecule has 6 nitrogen and oxygen atoms in total. The van der Waals surface area contributed by atoms with Crippen LogP contribution in [0.4, 0.5) is 40.8 Å². The van der Waals surface area contributed by atoms with Gasteiger partial charge in [-0.3, -0.25) is 4.79 Å². The number of H-pyrrole nitrogens is 1. The highest BCUT2D eigenvalue weighted by atomic mass is 19.4. The molecule has 4 rings (SSSR count). The number of amides is 1. The molecule has 0 spiro atoms. The maximum absolute atomic E-state index is 14.1. The van der Waals surface area contributed by atoms with Gasteiger partial charge in [-0.1, -0.05) is 25.1 Å². The summed E-state index contributed by atoms with van der Waals surface area (Å²) in [6.07, 6.45) is -10.8. The second kappa shape index (κ2) is 11.2. The molecule has 0 aliphatic rings. The molecule has 1 aromatic heterocycles. The Bertz CT molecular complexity index is 1640. The maximum atomic E-state index is 14.1. The van der Waals surface area contributed by atoms with Crippen molar-refractivity contribution in [2.75, 3.05) is 12.4 Å². The molecule has 0 atom stereocenters. The van der Waals surface area contributed by atoms with Crippen LogP contribution in [0, 0.1) is 6.92 Å². The van der Waals surface area contributed by atoms with Crippen molar-refractivity contribution in [3.63, 3.8) is 0 Å². The van der Waals surface area contributed by atoms with Crippen LogP contribution < -0.4 is 14.8 Å². The van der Waals surface area contributed by atoms with Crippen LogP contribution in [0.25, 0.3) is 22.5 Å². The Labute approximate surface area is 239 Å². The van der Waals surface area contributed by atoms with Crippen LogP contribution in [0.5, 0.6) is 5.75 Å². The van der Waals surface area contributed by atoms with Crippen LogP contribution >= 0.6 is 0 Å². The molecule has 0 unspecified atom stereocenters. The Morgan fingerprint density at radius 1 is 0.930 bits per heavy atom. The quantitative estimate of drug-likeness (QED) is 0.112. The lowest BCUT2D eigenvalue weighted by atomic mass is 9.91. The molecule has 3 aromatic carbocycles. The molecule has 0 saturated heterocycles. The third-order valence-corrected chi connectivity index (χ3v) is 6.70. The van der Waals surface area contributed by atoms with Crippen molar-refractivity contribution in [2.24, 2.45) is 0 Å². The Balaban J connectivity index is 1.82. The average Bonchev–Trinajstić information content (AvgIpc) is 3.24. The zero-order valence-electron chi connectivity index (χ0n) is 22.7. The van der Waals surface area contributed by atoms with Crippen LogP contribution in [-0.4, -0.2) is 23.2 Å². The van der Waals surface area contributed by atoms with Crippen molar-refractivity contribution in [3.8, 4) is 28.3 Å². The monoisotopic (exact) mass is 614 g/mol. The van der Waals surface area contributed by atoms with Gasteiger partial charge in [-0.25, -0.2) is 13.8 Å². The summed E-state index contributed by atoms with van der Waals surface area (Å²) >= 11 is 0. The fraction of sp³-hybridized carbons (Fsp3) is 0.241. The second-order valence-electron chi connectivity index (χ2n) is 9.49. The van der Waals surface area contributed by atoms with E-state index in [0.717, 1.165) is 25.3 Å². The van der Waals surface area contributed by atoms with Gasteiger partial charge in [0, 0.05) is 35.7 Å². The number of carbonyl (C=O) groups is 1. The summed E-state index contributed by atoms with van der Waals surface area (Å²) in [6, 6.07) is 9.90. The van der Waals surface area contributed by atoms with Crippen molar-refractivity contribution >= 4 is 11.6 Å². The normalized spacial score (nSPS) is 12.3. The van der Waals surface area contributed by atoms with Gasteiger partial charge in [-0.05, 0) is 47.2 Å². The largest absolute Gasteiger partial charge is 0.496 e. The Morgan fingerprint density at radius 2 is 1.53 bits per heavy atom. The summed E-state index contributed by atoms with van der Waals surface area (Å²) in [5, 5.41) is 13.3. The summed E-state index contributed by atoms with van der Waals surface area (Å²) in [6.45, 7) is 2.67. The van der Waals surface area contributed by atoms with Gasteiger partial charge in [0.2, 0.25) is 0 Å². The Kier molecular flexibility index (Phi) is 8.18. The fourth-order valence-electron chi connectivity index (χ4n) is 4.61. The molecule has 3 N–H and O–H groups in total. The number of aromatic nitrogens is 2. The number of benzene rings is 3. The Morgan fingerprint density at radius 3 is 2.09 bits per heavy atom. The van der Waals surface area contributed by atoms with E-state index in [1.54, 1.807) is 0 Å². The number of nitrogens with zero attached hydrogens (tertiary/aromatic N) is 1. The van der Waals surface area contributed by atoms with Crippen molar-refractivity contribution < 1.29 is 54.6 Å². The molecule has 0 aliphatic carbocycles. The smallest absolute Gasteiger partial charge is 0.417 e. The number of hydrogen-bond donors (Lipinski definition) is 3. The van der Waals surface area contributed by atoms with E-state index in [1.165, 1.54) is 38.1 Å². The summed E-state index contributed by atoms with van der Waals surface area (Å²) in [4.78, 5) is 15.8. The first-order valence-electron chi connectivity index (χ1n) is 12.6. The predicted octanol–water partition coefficient (Wildman–Crippen LogP) is 7.98. The lowest BCUT2D eigenvalue weighted by Gasteiger charge is -2.20. The molecule has 43 heavy (non-hydrogen) atoms. The van der Waals surface area contributed by atoms with Crippen LogP contribution in [-0.2, 0) is 18.3 Å². The lowest BCUT2D eigenvalue weighted by molar-refractivity contribution is -0.896. The SMILES string of the molecule is CCC(F)(F)c1cccc(NC(=O)c2c(C)[nH]c(-c3ccc(OC)c(-c4c(C(F)(F)F)cccc4C(F)(F)F)c3)[n+]2O)c1. The third kappa shape index (κ3) is 6.13. The topological polar surface area (TPSA) is 78.2 Å². The molecule has 0 saturated carbocycles. The molecule has 0 bridgehead atoms. The van der Waals surface area contributed by atoms with Gasteiger partial charge in [0.1, 0.15) is 5.75 Å². The van der Waals surface area contributed by atoms with Gasteiger partial charge in [0.25, 0.3) is 11.6 Å². The van der Waals surface area contributed by atoms with Crippen LogP contribution in [0.3, 0.4) is 0 Å². The third-order valence-electron chi connectivity index (χ3n) is 6.70. The van der Waals surface area contributed by atoms with Crippen molar-refractivity contribution in [2.45, 2.75) is 38.5 Å². The number of aryl methyl sites for hydroxylation is 1. The summed E-state index contributed by atoms with van der Waals surface area (Å²) < 4.78 is 117. The van der Waals surface area contributed by atoms with Crippen LogP contribution in [0.1, 0.15) is 46.2 Å². The summed E-state index contributed by atoms with van der Waals surface area (Å²) in [5.74, 6) is -4.68. The number of nitrogens with one attached hydrogen (secondary N) is 2. The van der Waals surface area contributed by atoms with E-state index < -0.39 is 58.6 Å². The number of carbonyl (C=O) groups excluding carboxylic acids is 1. The standard InChI is InChI=1S/C29H23F8N3O3/c1-4-27(30,31)17-7-5-8-18(14-17)39-26(41)24-15(2)38-25(40(24)42)16-11-12-22(43-3)19(13-16)23-20(28(32,33)34)9-6-10-21(23)29(35,36)37/h5-14,42H,4H2,1-3H3,(H,39,41)/p+1. The zero-order valence-corrected chi connectivity index (χ0v) is 22.7. The van der Waals surface area contributed by atoms with E-state index in [-0.39, 0.29) is 34.1 Å². The first-order chi connectivity index (χ1) is 20.0. The molecule has 14 heteroatoms. The highest BCUT2D eigenvalue weighted by Crippen LogP contribution is 2.47. The maximum Gasteiger partial charge on any atom is 0.417 e. The number of rotatable bonds is 7. The van der Waals surface area contributed by atoms with E-state index in [9.17, 15) is 45.1 Å². The number of hydrogen-bond acceptors (Lipinski definition) is 3. The van der Waals surface area contributed by atoms with Crippen LogP contribution in [0.2, 0.25) is 0 Å². The molecule has 228 valence electrons. The van der Waals surface area contributed by atoms with E-state index in [0.29, 0.717) is 22.9 Å². The minimum Gasteiger partial charge on any atom is -0.496 e. The second-order valence-corrected chi connectivity index (χ2v) is 9.49. The number of aromatic amines is 1. The number of ether oxygens (including phenoxy) is 1. The minimum absolute atomic E-state index is 0.00653. The minimum atomic E-state index is -5.17. The molecular weight excluding hydrogens is 590 g/mol. The lowest BCUT2D eigenvalue weighted by Crippen LogP contribution is -2.39. The molecule has 0 fully saturated rings. The van der Waals surface area contributed by atoms with Crippen molar-refractivity contribution in [1.82, 2.24) is 4.98 Å². The van der Waals surface area contributed by atoms with E-state index in [2.05, 4.69) is 10.3 Å². The van der Waals surface area contributed by atoms with Gasteiger partial charge in [0.15, 0.2) is 5.69 Å². The van der Waals surface area contributed by atoms with Gasteiger partial charge >= 0.3 is 24.1 Å². The number of alkyl halides is 8. The highest BCUT2D eigenvalue weighted by molar-refractivity contribution is 6.02. The number of imidazole rings is 1. The van der Waals surface area contributed by atoms with Crippen molar-refractivity contribution in [3.05, 3.63) is 88.7 Å². The molecule has 1 heterocycles. The molecule has 0 radical (unpaired) electrons. The molecule has 4 aromatic rings. The molecule has 1 amide bonds. The van der Waals surface area contributed by atoms with Crippen LogP contribution in [0.15, 0.2) is 60.7 Å². The number of anilines is 1. The van der Waals surface area contributed by atoms with Gasteiger partial charge in [-0.15, -0.1) is 0 Å². The predicted molar refractivity (Wildman–Crippen MR) is 139 cm³/mol. The fourth-order valence-corrected chi connectivity index (χ4v) is 4.61. The molecule has 0 aliphatic heterocycles.